The summed E-state index contributed by atoms with van der Waals surface area (Å²) in [5, 5.41) is 2.37. The molecule has 236 valence electrons. The zero-order valence-electron chi connectivity index (χ0n) is 26.9. The predicted molar refractivity (Wildman–Crippen MR) is 204 cm³/mol. The highest BCUT2D eigenvalue weighted by atomic mass is 32.1. The summed E-state index contributed by atoms with van der Waals surface area (Å²) >= 11 is 1.81. The fraction of sp³-hybridized carbons (Fsp3) is 0.0444. The molecule has 1 aliphatic carbocycles. The number of nitrogens with zero attached hydrogens (tertiary/aromatic N) is 3. The minimum atomic E-state index is -0.105. The van der Waals surface area contributed by atoms with E-state index in [9.17, 15) is 0 Å². The Labute approximate surface area is 293 Å². The van der Waals surface area contributed by atoms with E-state index < -0.39 is 0 Å². The number of allylic oxidation sites excluding steroid dienone is 4. The fourth-order valence-corrected chi connectivity index (χ4v) is 8.47. The van der Waals surface area contributed by atoms with E-state index in [0.29, 0.717) is 11.6 Å². The lowest BCUT2D eigenvalue weighted by Crippen LogP contribution is -2.16. The van der Waals surface area contributed by atoms with Crippen molar-refractivity contribution in [2.75, 3.05) is 0 Å². The van der Waals surface area contributed by atoms with Crippen LogP contribution in [0.5, 0.6) is 5.75 Å². The van der Waals surface area contributed by atoms with E-state index in [1.54, 1.807) is 11.3 Å². The first kappa shape index (κ1) is 28.8. The zero-order chi connectivity index (χ0) is 33.0. The lowest BCUT2D eigenvalue weighted by Gasteiger charge is -2.23. The summed E-state index contributed by atoms with van der Waals surface area (Å²) in [6.07, 6.45) is 6.32. The molecule has 2 atom stereocenters. The molecular formula is C45H29N3OS. The quantitative estimate of drug-likeness (QED) is 0.184. The van der Waals surface area contributed by atoms with Crippen molar-refractivity contribution in [3.8, 4) is 50.8 Å². The first-order chi connectivity index (χ1) is 24.8. The molecule has 3 heterocycles. The van der Waals surface area contributed by atoms with E-state index in [-0.39, 0.29) is 11.8 Å². The van der Waals surface area contributed by atoms with Crippen molar-refractivity contribution in [2.24, 2.45) is 0 Å². The van der Waals surface area contributed by atoms with E-state index >= 15 is 0 Å². The van der Waals surface area contributed by atoms with Crippen molar-refractivity contribution in [1.82, 2.24) is 15.0 Å². The number of hydrogen-bond acceptors (Lipinski definition) is 5. The van der Waals surface area contributed by atoms with Crippen molar-refractivity contribution in [2.45, 2.75) is 11.8 Å². The Morgan fingerprint density at radius 2 is 1.22 bits per heavy atom. The molecule has 0 N–H and O–H groups in total. The van der Waals surface area contributed by atoms with Gasteiger partial charge in [-0.05, 0) is 52.6 Å². The molecule has 1 aliphatic heterocycles. The maximum absolute atomic E-state index is 6.30. The Morgan fingerprint density at radius 3 is 2.04 bits per heavy atom. The van der Waals surface area contributed by atoms with Gasteiger partial charge in [0.15, 0.2) is 11.6 Å². The van der Waals surface area contributed by atoms with Crippen molar-refractivity contribution in [3.05, 3.63) is 181 Å². The van der Waals surface area contributed by atoms with E-state index in [2.05, 4.69) is 133 Å². The van der Waals surface area contributed by atoms with Gasteiger partial charge in [0, 0.05) is 36.9 Å². The second kappa shape index (κ2) is 11.8. The van der Waals surface area contributed by atoms with Crippen LogP contribution in [0.2, 0.25) is 0 Å². The van der Waals surface area contributed by atoms with Gasteiger partial charge in [-0.1, -0.05) is 133 Å². The van der Waals surface area contributed by atoms with Crippen LogP contribution < -0.4 is 4.74 Å². The summed E-state index contributed by atoms with van der Waals surface area (Å²) in [6, 6.07) is 51.1. The summed E-state index contributed by atoms with van der Waals surface area (Å²) < 4.78 is 8.75. The number of para-hydroxylation sites is 1. The summed E-state index contributed by atoms with van der Waals surface area (Å²) in [5.74, 6) is 3.80. The third kappa shape index (κ3) is 4.86. The number of aromatic nitrogens is 3. The van der Waals surface area contributed by atoms with Gasteiger partial charge in [-0.25, -0.2) is 15.0 Å². The third-order valence-electron chi connectivity index (χ3n) is 9.77. The summed E-state index contributed by atoms with van der Waals surface area (Å²) in [5.41, 5.74) is 7.91. The monoisotopic (exact) mass is 659 g/mol. The number of hydrogen-bond donors (Lipinski definition) is 0. The van der Waals surface area contributed by atoms with Crippen LogP contribution in [0.15, 0.2) is 170 Å². The topological polar surface area (TPSA) is 47.9 Å². The van der Waals surface area contributed by atoms with E-state index in [1.165, 1.54) is 42.4 Å². The van der Waals surface area contributed by atoms with Gasteiger partial charge in [-0.2, -0.15) is 0 Å². The van der Waals surface area contributed by atoms with Gasteiger partial charge in [0.05, 0.1) is 11.8 Å². The zero-order valence-corrected chi connectivity index (χ0v) is 27.7. The molecule has 8 aromatic rings. The molecule has 5 heteroatoms. The molecule has 2 aliphatic rings. The van der Waals surface area contributed by atoms with E-state index in [0.717, 1.165) is 34.0 Å². The first-order valence-electron chi connectivity index (χ1n) is 16.8. The van der Waals surface area contributed by atoms with E-state index in [1.807, 2.05) is 30.3 Å². The average molecular weight is 660 g/mol. The van der Waals surface area contributed by atoms with Crippen LogP contribution in [0, 0.1) is 0 Å². The highest BCUT2D eigenvalue weighted by Gasteiger charge is 2.38. The maximum atomic E-state index is 6.30. The Morgan fingerprint density at radius 1 is 0.540 bits per heavy atom. The van der Waals surface area contributed by atoms with Gasteiger partial charge < -0.3 is 4.74 Å². The second-order valence-corrected chi connectivity index (χ2v) is 13.8. The molecule has 2 aromatic heterocycles. The van der Waals surface area contributed by atoms with Crippen LogP contribution in [0.4, 0.5) is 0 Å². The molecule has 0 spiro atoms. The first-order valence-corrected chi connectivity index (χ1v) is 17.7. The molecule has 0 fully saturated rings. The minimum Gasteiger partial charge on any atom is -0.461 e. The molecule has 0 amide bonds. The normalized spacial score (nSPS) is 16.2. The molecule has 0 saturated carbocycles. The average Bonchev–Trinajstić information content (AvgIpc) is 3.77. The Bertz CT molecular complexity index is 2620. The molecule has 6 aromatic carbocycles. The van der Waals surface area contributed by atoms with Crippen molar-refractivity contribution >= 4 is 31.5 Å². The van der Waals surface area contributed by atoms with Crippen LogP contribution in [-0.4, -0.2) is 15.0 Å². The summed E-state index contributed by atoms with van der Waals surface area (Å²) in [4.78, 5) is 15.6. The summed E-state index contributed by atoms with van der Waals surface area (Å²) in [7, 11) is 0. The van der Waals surface area contributed by atoms with E-state index in [4.69, 9.17) is 19.7 Å². The maximum Gasteiger partial charge on any atom is 0.164 e. The lowest BCUT2D eigenvalue weighted by molar-refractivity contribution is 0.414. The number of benzene rings is 6. The van der Waals surface area contributed by atoms with Crippen LogP contribution in [0.1, 0.15) is 23.2 Å². The number of ether oxygens (including phenoxy) is 1. The molecular weight excluding hydrogens is 631 g/mol. The highest BCUT2D eigenvalue weighted by molar-refractivity contribution is 7.26. The summed E-state index contributed by atoms with van der Waals surface area (Å²) in [6.45, 7) is 0. The largest absolute Gasteiger partial charge is 0.461 e. The van der Waals surface area contributed by atoms with Crippen molar-refractivity contribution in [3.63, 3.8) is 0 Å². The Balaban J connectivity index is 1.13. The number of rotatable bonds is 5. The highest BCUT2D eigenvalue weighted by Crippen LogP contribution is 2.50. The van der Waals surface area contributed by atoms with Gasteiger partial charge in [0.25, 0.3) is 0 Å². The van der Waals surface area contributed by atoms with Gasteiger partial charge in [0.2, 0.25) is 0 Å². The van der Waals surface area contributed by atoms with Gasteiger partial charge >= 0.3 is 0 Å². The smallest absolute Gasteiger partial charge is 0.164 e. The molecule has 2 unspecified atom stereocenters. The van der Waals surface area contributed by atoms with Crippen LogP contribution in [0.25, 0.3) is 65.2 Å². The molecule has 0 bridgehead atoms. The van der Waals surface area contributed by atoms with Gasteiger partial charge in [0.1, 0.15) is 17.3 Å². The number of fused-ring (bicyclic) bond motifs is 6. The van der Waals surface area contributed by atoms with Gasteiger partial charge in [-0.3, -0.25) is 0 Å². The SMILES string of the molecule is C1=CC(c2nc(-c3ccccc3)nc(-c3cccc4sc5ccc(-c6ccc(-c7ccccc7)cc6)cc5c34)n2)C2C(=C1)Oc1ccccc12. The van der Waals surface area contributed by atoms with Crippen molar-refractivity contribution in [1.29, 1.82) is 0 Å². The fourth-order valence-electron chi connectivity index (χ4n) is 7.36. The number of thiophene rings is 1. The van der Waals surface area contributed by atoms with Gasteiger partial charge in [-0.15, -0.1) is 11.3 Å². The predicted octanol–water partition coefficient (Wildman–Crippen LogP) is 11.6. The van der Waals surface area contributed by atoms with Crippen LogP contribution >= 0.6 is 11.3 Å². The van der Waals surface area contributed by atoms with Crippen LogP contribution in [0.3, 0.4) is 0 Å². The molecule has 0 radical (unpaired) electrons. The standard InChI is InChI=1S/C45H29N3OS/c1-3-11-28(12-4-1)29-21-23-30(24-22-29)32-25-26-39-36(27-32)42-35(17-10-20-40(42)50-39)45-47-43(31-13-5-2-6-14-31)46-44(48-45)34-16-9-19-38-41(34)33-15-7-8-18-37(33)49-38/h1-27,34,41H. The third-order valence-corrected chi connectivity index (χ3v) is 10.9. The second-order valence-electron chi connectivity index (χ2n) is 12.7. The van der Waals surface area contributed by atoms with Crippen molar-refractivity contribution < 1.29 is 4.74 Å². The molecule has 0 saturated heterocycles. The molecule has 10 rings (SSSR count). The lowest BCUT2D eigenvalue weighted by atomic mass is 9.82. The molecule has 50 heavy (non-hydrogen) atoms. The Kier molecular flexibility index (Phi) is 6.78. The van der Waals surface area contributed by atoms with Crippen LogP contribution in [-0.2, 0) is 0 Å². The molecule has 4 nitrogen and oxygen atoms in total. The minimum absolute atomic E-state index is 0.00341. The Hall–Kier alpha value is -6.17.